The molecule has 3 aliphatic heterocycles. The number of rotatable bonds is 7. The number of nitrogens with zero attached hydrogens (tertiary/aromatic N) is 3. The number of aromatic nitrogens is 2. The van der Waals surface area contributed by atoms with Crippen molar-refractivity contribution in [2.24, 2.45) is 5.92 Å². The van der Waals surface area contributed by atoms with Crippen LogP contribution in [0.2, 0.25) is 0 Å². The maximum absolute atomic E-state index is 14.1. The lowest BCUT2D eigenvalue weighted by atomic mass is 9.87. The fraction of sp³-hybridized carbons (Fsp3) is 0.577. The number of fused-ring (bicyclic) bond motifs is 1. The first-order chi connectivity index (χ1) is 18.1. The highest BCUT2D eigenvalue weighted by Crippen LogP contribution is 2.64. The van der Waals surface area contributed by atoms with Gasteiger partial charge in [-0.25, -0.2) is 18.2 Å². The van der Waals surface area contributed by atoms with E-state index in [4.69, 9.17) is 13.8 Å². The van der Waals surface area contributed by atoms with Gasteiger partial charge in [0.05, 0.1) is 18.2 Å². The van der Waals surface area contributed by atoms with E-state index in [0.29, 0.717) is 18.4 Å². The number of hydrogen-bond acceptors (Lipinski definition) is 7. The van der Waals surface area contributed by atoms with Gasteiger partial charge in [-0.2, -0.15) is 4.98 Å². The maximum atomic E-state index is 14.1. The Kier molecular flexibility index (Phi) is 7.68. The first kappa shape index (κ1) is 27.3. The molecule has 1 N–H and O–H groups in total. The largest absolute Gasteiger partial charge is 0.352 e. The average Bonchev–Trinajstić information content (AvgIpc) is 3.56. The van der Waals surface area contributed by atoms with Gasteiger partial charge in [0.1, 0.15) is 29.3 Å². The zero-order valence-corrected chi connectivity index (χ0v) is 22.8. The molecule has 0 spiro atoms. The highest BCUT2D eigenvalue weighted by atomic mass is 31.2. The summed E-state index contributed by atoms with van der Waals surface area (Å²) in [4.78, 5) is 28.7. The molecule has 38 heavy (non-hydrogen) atoms. The fourth-order valence-corrected chi connectivity index (χ4v) is 7.52. The molecule has 4 heterocycles. The molecular weight excluding hydrogens is 517 g/mol. The first-order valence-corrected chi connectivity index (χ1v) is 14.2. The van der Waals surface area contributed by atoms with Crippen LogP contribution in [0.1, 0.15) is 65.2 Å². The Labute approximate surface area is 221 Å². The Morgan fingerprint density at radius 1 is 1.32 bits per heavy atom. The van der Waals surface area contributed by atoms with Gasteiger partial charge in [-0.1, -0.05) is 20.8 Å². The van der Waals surface area contributed by atoms with Crippen molar-refractivity contribution in [3.63, 3.8) is 0 Å². The van der Waals surface area contributed by atoms with Crippen molar-refractivity contribution in [1.82, 2.24) is 14.2 Å². The van der Waals surface area contributed by atoms with E-state index in [9.17, 15) is 18.4 Å². The molecule has 1 amide bonds. The minimum atomic E-state index is -1.52. The number of halogens is 2. The van der Waals surface area contributed by atoms with Gasteiger partial charge in [0.15, 0.2) is 0 Å². The van der Waals surface area contributed by atoms with Gasteiger partial charge in [-0.3, -0.25) is 9.36 Å². The normalized spacial score (nSPS) is 31.2. The summed E-state index contributed by atoms with van der Waals surface area (Å²) in [5.74, 6) is -1.55. The monoisotopic (exact) mass is 550 g/mol. The van der Waals surface area contributed by atoms with Crippen LogP contribution in [-0.4, -0.2) is 44.9 Å². The van der Waals surface area contributed by atoms with Crippen molar-refractivity contribution < 1.29 is 27.4 Å². The van der Waals surface area contributed by atoms with Crippen LogP contribution < -0.4 is 11.0 Å². The summed E-state index contributed by atoms with van der Waals surface area (Å²) in [6.45, 7) is 8.13. The molecule has 5 rings (SSSR count). The second kappa shape index (κ2) is 10.7. The van der Waals surface area contributed by atoms with Gasteiger partial charge >= 0.3 is 5.69 Å². The van der Waals surface area contributed by atoms with E-state index in [-0.39, 0.29) is 35.9 Å². The minimum absolute atomic E-state index is 0.0616. The van der Waals surface area contributed by atoms with Gasteiger partial charge < -0.3 is 19.1 Å². The van der Waals surface area contributed by atoms with Gasteiger partial charge in [0, 0.05) is 31.1 Å². The summed E-state index contributed by atoms with van der Waals surface area (Å²) in [5, 5.41) is 2.63. The third kappa shape index (κ3) is 5.14. The number of ether oxygens (including phenoxy) is 1. The number of hydrogen-bond donors (Lipinski definition) is 1. The molecule has 1 unspecified atom stereocenters. The van der Waals surface area contributed by atoms with Crippen LogP contribution in [0.4, 0.5) is 14.6 Å². The molecule has 2 aromatic rings. The lowest BCUT2D eigenvalue weighted by Gasteiger charge is -2.29. The molecule has 1 aromatic heterocycles. The van der Waals surface area contributed by atoms with E-state index < -0.39 is 37.7 Å². The van der Waals surface area contributed by atoms with Crippen molar-refractivity contribution >= 4 is 20.3 Å². The Morgan fingerprint density at radius 3 is 2.71 bits per heavy atom. The van der Waals surface area contributed by atoms with Crippen LogP contribution in [0.15, 0.2) is 35.3 Å². The van der Waals surface area contributed by atoms with E-state index in [2.05, 4.69) is 15.0 Å². The van der Waals surface area contributed by atoms with Crippen LogP contribution in [0, 0.1) is 17.6 Å². The molecule has 0 radical (unpaired) electrons. The smallest absolute Gasteiger partial charge is 0.351 e. The van der Waals surface area contributed by atoms with Crippen LogP contribution in [-0.2, 0) is 24.2 Å². The van der Waals surface area contributed by atoms with Gasteiger partial charge in [0.2, 0.25) is 5.91 Å². The number of anilines is 1. The van der Waals surface area contributed by atoms with Crippen molar-refractivity contribution in [2.75, 3.05) is 11.9 Å². The third-order valence-electron chi connectivity index (χ3n) is 7.50. The van der Waals surface area contributed by atoms with Crippen molar-refractivity contribution in [3.8, 4) is 0 Å². The molecule has 3 aliphatic rings. The quantitative estimate of drug-likeness (QED) is 0.494. The van der Waals surface area contributed by atoms with Crippen LogP contribution in [0.3, 0.4) is 0 Å². The van der Waals surface area contributed by atoms with E-state index >= 15 is 0 Å². The van der Waals surface area contributed by atoms with Gasteiger partial charge in [-0.05, 0) is 49.9 Å². The summed E-state index contributed by atoms with van der Waals surface area (Å²) in [6.07, 6.45) is 3.18. The summed E-state index contributed by atoms with van der Waals surface area (Å²) in [7, 11) is -1.52. The number of carbonyl (C=O) groups excluding carboxylic acids is 1. The maximum Gasteiger partial charge on any atom is 0.351 e. The molecule has 3 saturated heterocycles. The van der Waals surface area contributed by atoms with Crippen LogP contribution in [0.5, 0.6) is 0 Å². The molecule has 3 fully saturated rings. The Balaban J connectivity index is 1.32. The number of amides is 1. The SMILES string of the molecule is CC[C@H]1O[C@@H](n2ccc(NC(=O)C(C)C)nc2=O)CC1O[P@@]1O[C@](C)(c2cc(F)cc(F)c2)[C@@H]2CCCN21. The van der Waals surface area contributed by atoms with E-state index in [0.717, 1.165) is 25.5 Å². The van der Waals surface area contributed by atoms with E-state index in [1.54, 1.807) is 26.1 Å². The predicted molar refractivity (Wildman–Crippen MR) is 137 cm³/mol. The number of nitrogens with one attached hydrogen (secondary N) is 1. The Hall–Kier alpha value is -2.30. The lowest BCUT2D eigenvalue weighted by Crippen LogP contribution is -2.37. The van der Waals surface area contributed by atoms with Crippen molar-refractivity contribution in [1.29, 1.82) is 0 Å². The molecular formula is C26H33F2N4O5P. The summed E-state index contributed by atoms with van der Waals surface area (Å²) in [5.41, 5.74) is -0.992. The van der Waals surface area contributed by atoms with Crippen molar-refractivity contribution in [3.05, 3.63) is 58.1 Å². The molecule has 1 aromatic carbocycles. The van der Waals surface area contributed by atoms with E-state index in [1.807, 2.05) is 13.8 Å². The number of benzene rings is 1. The zero-order chi connectivity index (χ0) is 27.2. The highest BCUT2D eigenvalue weighted by molar-refractivity contribution is 7.45. The second-order valence-electron chi connectivity index (χ2n) is 10.5. The summed E-state index contributed by atoms with van der Waals surface area (Å²) in [6, 6.07) is 5.02. The summed E-state index contributed by atoms with van der Waals surface area (Å²) >= 11 is 0. The number of carbonyl (C=O) groups is 1. The molecule has 0 bridgehead atoms. The van der Waals surface area contributed by atoms with Crippen LogP contribution in [0.25, 0.3) is 0 Å². The van der Waals surface area contributed by atoms with Gasteiger partial charge in [-0.15, -0.1) is 0 Å². The molecule has 0 saturated carbocycles. The molecule has 9 nitrogen and oxygen atoms in total. The zero-order valence-electron chi connectivity index (χ0n) is 21.9. The molecule has 12 heteroatoms. The summed E-state index contributed by atoms with van der Waals surface area (Å²) < 4.78 is 50.9. The minimum Gasteiger partial charge on any atom is -0.352 e. The van der Waals surface area contributed by atoms with Crippen LogP contribution >= 0.6 is 8.53 Å². The van der Waals surface area contributed by atoms with E-state index in [1.165, 1.54) is 16.7 Å². The molecule has 206 valence electrons. The molecule has 0 aliphatic carbocycles. The topological polar surface area (TPSA) is 94.9 Å². The lowest BCUT2D eigenvalue weighted by molar-refractivity contribution is -0.118. The van der Waals surface area contributed by atoms with Gasteiger partial charge in [0.25, 0.3) is 8.53 Å². The van der Waals surface area contributed by atoms with Crippen molar-refractivity contribution in [2.45, 2.75) is 83.5 Å². The molecule has 6 atom stereocenters. The second-order valence-corrected chi connectivity index (χ2v) is 11.9. The Morgan fingerprint density at radius 2 is 2.05 bits per heavy atom. The first-order valence-electron chi connectivity index (χ1n) is 13.0. The third-order valence-corrected chi connectivity index (χ3v) is 9.38. The highest BCUT2D eigenvalue weighted by Gasteiger charge is 2.56. The average molecular weight is 551 g/mol. The fourth-order valence-electron chi connectivity index (χ4n) is 5.38. The predicted octanol–water partition coefficient (Wildman–Crippen LogP) is 4.84. The Bertz CT molecular complexity index is 1240. The standard InChI is InChI=1S/C26H33F2N4O5P/c1-5-19-20(14-23(35-19)31-10-8-22(30-25(31)34)29-24(33)15(2)3)36-38-32-9-6-7-21(32)26(4,37-38)16-11-17(27)13-18(28)12-16/h8,10-13,15,19-21,23H,5-7,9,14H2,1-4H3,(H,29,30,33,34)/t19-,20?,21+,23-,26-,38+/m1/s1.